The quantitative estimate of drug-likeness (QED) is 0.218. The van der Waals surface area contributed by atoms with E-state index in [-0.39, 0.29) is 5.56 Å². The first-order valence-electron chi connectivity index (χ1n) is 12.1. The summed E-state index contributed by atoms with van der Waals surface area (Å²) in [5, 5.41) is 4.64. The van der Waals surface area contributed by atoms with Gasteiger partial charge in [-0.25, -0.2) is 8.42 Å². The van der Waals surface area contributed by atoms with Gasteiger partial charge in [0, 0.05) is 53.0 Å². The highest BCUT2D eigenvalue weighted by atomic mass is 32.2. The first kappa shape index (κ1) is 27.4. The molecule has 2 aromatic carbocycles. The summed E-state index contributed by atoms with van der Waals surface area (Å²) < 4.78 is 69.1. The number of fused-ring (bicyclic) bond motifs is 2. The Kier molecular flexibility index (Phi) is 7.38. The maximum absolute atomic E-state index is 13.1. The van der Waals surface area contributed by atoms with Gasteiger partial charge in [0.05, 0.1) is 5.36 Å². The molecule has 38 heavy (non-hydrogen) atoms. The Bertz CT molecular complexity index is 1690. The van der Waals surface area contributed by atoms with Crippen LogP contribution in [0, 0.1) is 13.8 Å². The molecule has 0 amide bonds. The Morgan fingerprint density at radius 1 is 1.00 bits per heavy atom. The highest BCUT2D eigenvalue weighted by Gasteiger charge is 2.46. The van der Waals surface area contributed by atoms with Crippen LogP contribution in [0.3, 0.4) is 0 Å². The lowest BCUT2D eigenvalue weighted by atomic mass is 9.88. The molecule has 1 aliphatic heterocycles. The second-order valence-electron chi connectivity index (χ2n) is 8.95. The van der Waals surface area contributed by atoms with Gasteiger partial charge in [-0.05, 0) is 56.5 Å². The van der Waals surface area contributed by atoms with Gasteiger partial charge in [0.15, 0.2) is 5.78 Å². The summed E-state index contributed by atoms with van der Waals surface area (Å²) in [6.07, 6.45) is 0. The van der Waals surface area contributed by atoms with Crippen LogP contribution >= 0.6 is 0 Å². The number of rotatable bonds is 7. The second kappa shape index (κ2) is 10.2. The van der Waals surface area contributed by atoms with E-state index in [1.165, 1.54) is 12.1 Å². The van der Waals surface area contributed by atoms with Crippen molar-refractivity contribution in [1.29, 1.82) is 0 Å². The molecule has 0 spiro atoms. The van der Waals surface area contributed by atoms with E-state index in [0.717, 1.165) is 22.2 Å². The number of Topliss-reactive ketones (excluding diaryl/α,β-unsaturated/α-hetero) is 1. The predicted octanol–water partition coefficient (Wildman–Crippen LogP) is 6.29. The van der Waals surface area contributed by atoms with Gasteiger partial charge >= 0.3 is 5.51 Å². The largest absolute Gasteiger partial charge is 0.497 e. The highest BCUT2D eigenvalue weighted by Crippen LogP contribution is 2.43. The van der Waals surface area contributed by atoms with Crippen molar-refractivity contribution in [3.63, 3.8) is 0 Å². The second-order valence-corrected chi connectivity index (χ2v) is 10.9. The van der Waals surface area contributed by atoms with E-state index in [1.54, 1.807) is 18.2 Å². The van der Waals surface area contributed by atoms with Gasteiger partial charge in [0.25, 0.3) is 9.84 Å². The molecule has 0 unspecified atom stereocenters. The van der Waals surface area contributed by atoms with Gasteiger partial charge in [-0.2, -0.15) is 13.2 Å². The summed E-state index contributed by atoms with van der Waals surface area (Å²) in [7, 11) is -5.66. The van der Waals surface area contributed by atoms with Crippen LogP contribution in [0.25, 0.3) is 33.4 Å². The van der Waals surface area contributed by atoms with Crippen LogP contribution in [0.2, 0.25) is 0 Å². The van der Waals surface area contributed by atoms with Crippen LogP contribution in [0.1, 0.15) is 35.3 Å². The van der Waals surface area contributed by atoms with Crippen molar-refractivity contribution < 1.29 is 30.8 Å². The third kappa shape index (κ3) is 5.05. The van der Waals surface area contributed by atoms with E-state index in [4.69, 9.17) is 4.42 Å². The number of hydrogen-bond acceptors (Lipinski definition) is 6. The maximum Gasteiger partial charge on any atom is 0.497 e. The molecule has 0 fully saturated rings. The fraction of sp³-hybridized carbons (Fsp3) is 0.286. The number of alkyl halides is 3. The lowest BCUT2D eigenvalue weighted by Crippen LogP contribution is -2.30. The minimum atomic E-state index is -5.66. The summed E-state index contributed by atoms with van der Waals surface area (Å²) >= 11 is 0. The summed E-state index contributed by atoms with van der Waals surface area (Å²) in [5.41, 5.74) is -1.07. The lowest BCUT2D eigenvalue weighted by Gasteiger charge is -2.20. The molecule has 10 heteroatoms. The van der Waals surface area contributed by atoms with Crippen LogP contribution in [0.5, 0.6) is 0 Å². The van der Waals surface area contributed by atoms with Gasteiger partial charge in [-0.3, -0.25) is 9.79 Å². The van der Waals surface area contributed by atoms with Crippen LogP contribution in [0.4, 0.5) is 18.9 Å². The zero-order chi connectivity index (χ0) is 27.8. The maximum atomic E-state index is 13.1. The fourth-order valence-corrected chi connectivity index (χ4v) is 5.14. The van der Waals surface area contributed by atoms with E-state index in [2.05, 4.69) is 10.3 Å². The molecule has 0 saturated carbocycles. The molecule has 1 heterocycles. The zero-order valence-electron chi connectivity index (χ0n) is 21.4. The SMILES string of the molecule is CCN=c1cc2oc3cc(NCC)c(C)cc3c(-c3ccccc3C(=O)CS(=O)(=O)C(F)(F)F)c-2cc1C. The Hall–Kier alpha value is -3.66. The molecular weight excluding hydrogens is 517 g/mol. The standard InChI is InChI=1S/C28H27F3N2O4S/c1-5-32-22-13-25-20(11-16(22)3)27(21-12-17(4)23(33-6-2)14-26(21)37-25)19-10-8-7-9-18(19)24(34)15-38(35,36)28(29,30)31/h7-14,32H,5-6,15H2,1-4H3. The van der Waals surface area contributed by atoms with Crippen LogP contribution in [0.15, 0.2) is 57.9 Å². The van der Waals surface area contributed by atoms with Crippen molar-refractivity contribution >= 4 is 32.3 Å². The Morgan fingerprint density at radius 3 is 2.37 bits per heavy atom. The zero-order valence-corrected chi connectivity index (χ0v) is 22.2. The van der Waals surface area contributed by atoms with Crippen molar-refractivity contribution in [1.82, 2.24) is 0 Å². The number of halogens is 3. The third-order valence-corrected chi connectivity index (χ3v) is 7.60. The molecule has 0 radical (unpaired) electrons. The van der Waals surface area contributed by atoms with Crippen LogP contribution in [-0.4, -0.2) is 38.6 Å². The van der Waals surface area contributed by atoms with E-state index >= 15 is 0 Å². The molecule has 1 aliphatic carbocycles. The third-order valence-electron chi connectivity index (χ3n) is 6.25. The molecule has 1 N–H and O–H groups in total. The van der Waals surface area contributed by atoms with Crippen molar-refractivity contribution in [2.45, 2.75) is 33.2 Å². The van der Waals surface area contributed by atoms with E-state index in [1.807, 2.05) is 45.9 Å². The highest BCUT2D eigenvalue weighted by molar-refractivity contribution is 7.93. The average molecular weight is 545 g/mol. The first-order valence-corrected chi connectivity index (χ1v) is 13.7. The molecule has 0 atom stereocenters. The van der Waals surface area contributed by atoms with Crippen molar-refractivity contribution in [3.05, 3.63) is 70.6 Å². The van der Waals surface area contributed by atoms with Gasteiger partial charge in [0.1, 0.15) is 17.1 Å². The number of carbonyl (C=O) groups excluding carboxylic acids is 1. The molecule has 2 aromatic rings. The Balaban J connectivity index is 2.08. The monoisotopic (exact) mass is 544 g/mol. The summed E-state index contributed by atoms with van der Waals surface area (Å²) in [6, 6.07) is 13.5. The predicted molar refractivity (Wildman–Crippen MR) is 142 cm³/mol. The van der Waals surface area contributed by atoms with Crippen molar-refractivity contribution in [2.75, 3.05) is 24.2 Å². The molecule has 2 aliphatic rings. The number of carbonyl (C=O) groups is 1. The first-order chi connectivity index (χ1) is 17.9. The van der Waals surface area contributed by atoms with Gasteiger partial charge in [0.2, 0.25) is 0 Å². The molecular formula is C28H27F3N2O4S. The Morgan fingerprint density at radius 2 is 1.71 bits per heavy atom. The molecule has 0 saturated heterocycles. The van der Waals surface area contributed by atoms with E-state index in [9.17, 15) is 26.4 Å². The molecule has 0 bridgehead atoms. The molecule has 200 valence electrons. The minimum Gasteiger partial charge on any atom is -0.456 e. The van der Waals surface area contributed by atoms with Gasteiger partial charge in [-0.15, -0.1) is 0 Å². The number of sulfone groups is 1. The number of anilines is 1. The van der Waals surface area contributed by atoms with E-state index in [0.29, 0.717) is 46.5 Å². The van der Waals surface area contributed by atoms with Gasteiger partial charge < -0.3 is 9.73 Å². The van der Waals surface area contributed by atoms with Crippen molar-refractivity contribution in [2.24, 2.45) is 4.99 Å². The fourth-order valence-electron chi connectivity index (χ4n) is 4.48. The number of nitrogens with zero attached hydrogens (tertiary/aromatic N) is 1. The van der Waals surface area contributed by atoms with Crippen LogP contribution < -0.4 is 10.7 Å². The number of benzene rings is 3. The number of hydrogen-bond donors (Lipinski definition) is 1. The molecule has 0 aromatic heterocycles. The van der Waals surface area contributed by atoms with E-state index < -0.39 is 26.9 Å². The number of aryl methyl sites for hydroxylation is 2. The minimum absolute atomic E-state index is 0.123. The Labute approximate surface area is 218 Å². The lowest BCUT2D eigenvalue weighted by molar-refractivity contribution is -0.0434. The normalized spacial score (nSPS) is 12.9. The number of nitrogens with one attached hydrogen (secondary N) is 1. The molecule has 6 nitrogen and oxygen atoms in total. The molecule has 4 rings (SSSR count). The van der Waals surface area contributed by atoms with Crippen LogP contribution in [-0.2, 0) is 9.84 Å². The van der Waals surface area contributed by atoms with Crippen molar-refractivity contribution in [3.8, 4) is 22.5 Å². The average Bonchev–Trinajstić information content (AvgIpc) is 2.83. The summed E-state index contributed by atoms with van der Waals surface area (Å²) in [6.45, 7) is 8.90. The topological polar surface area (TPSA) is 88.7 Å². The summed E-state index contributed by atoms with van der Waals surface area (Å²) in [5.74, 6) is -2.35. The summed E-state index contributed by atoms with van der Waals surface area (Å²) in [4.78, 5) is 17.6. The van der Waals surface area contributed by atoms with Gasteiger partial charge in [-0.1, -0.05) is 24.3 Å². The smallest absolute Gasteiger partial charge is 0.456 e. The number of ketones is 1.